The summed E-state index contributed by atoms with van der Waals surface area (Å²) in [5.41, 5.74) is 2.95. The second-order valence-corrected chi connectivity index (χ2v) is 6.59. The third-order valence-electron chi connectivity index (χ3n) is 3.51. The number of benzene rings is 1. The number of hydrogen-bond donors (Lipinski definition) is 2. The van der Waals surface area contributed by atoms with Gasteiger partial charge in [-0.2, -0.15) is 0 Å². The summed E-state index contributed by atoms with van der Waals surface area (Å²) in [7, 11) is 0. The van der Waals surface area contributed by atoms with E-state index in [-0.39, 0.29) is 11.8 Å². The van der Waals surface area contributed by atoms with Gasteiger partial charge in [-0.05, 0) is 30.3 Å². The number of carbonyl (C=O) groups is 2. The van der Waals surface area contributed by atoms with Crippen molar-refractivity contribution in [2.45, 2.75) is 19.8 Å². The fourth-order valence-electron chi connectivity index (χ4n) is 2.38. The van der Waals surface area contributed by atoms with E-state index in [9.17, 15) is 9.59 Å². The molecule has 0 saturated carbocycles. The first-order valence-electron chi connectivity index (χ1n) is 8.13. The van der Waals surface area contributed by atoms with E-state index in [0.29, 0.717) is 24.2 Å². The number of aryl methyl sites for hydroxylation is 1. The molecule has 3 aromatic rings. The van der Waals surface area contributed by atoms with Crippen LogP contribution in [0.2, 0.25) is 0 Å². The minimum Gasteiger partial charge on any atom is -0.326 e. The second kappa shape index (κ2) is 8.35. The third kappa shape index (κ3) is 4.97. The Hall–Kier alpha value is -3.06. The number of hydrogen-bond acceptors (Lipinski definition) is 5. The molecule has 6 nitrogen and oxygen atoms in total. The van der Waals surface area contributed by atoms with E-state index in [1.807, 2.05) is 23.6 Å². The molecule has 26 heavy (non-hydrogen) atoms. The highest BCUT2D eigenvalue weighted by Gasteiger charge is 2.09. The number of nitrogens with zero attached hydrogens (tertiary/aromatic N) is 2. The van der Waals surface area contributed by atoms with E-state index in [4.69, 9.17) is 0 Å². The monoisotopic (exact) mass is 366 g/mol. The maximum Gasteiger partial charge on any atom is 0.224 e. The van der Waals surface area contributed by atoms with Gasteiger partial charge in [0, 0.05) is 42.7 Å². The van der Waals surface area contributed by atoms with E-state index in [1.54, 1.807) is 30.5 Å². The van der Waals surface area contributed by atoms with Crippen molar-refractivity contribution in [3.8, 4) is 11.4 Å². The number of thiazole rings is 1. The van der Waals surface area contributed by atoms with E-state index in [0.717, 1.165) is 16.4 Å². The number of rotatable bonds is 6. The van der Waals surface area contributed by atoms with Crippen LogP contribution in [0.15, 0.2) is 54.0 Å². The fourth-order valence-corrected chi connectivity index (χ4v) is 3.17. The van der Waals surface area contributed by atoms with Crippen LogP contribution in [0.25, 0.3) is 11.4 Å². The van der Waals surface area contributed by atoms with Crippen LogP contribution in [0.1, 0.15) is 18.4 Å². The summed E-state index contributed by atoms with van der Waals surface area (Å²) in [5.74, 6) is -0.250. The van der Waals surface area contributed by atoms with Crippen molar-refractivity contribution < 1.29 is 9.59 Å². The smallest absolute Gasteiger partial charge is 0.224 e. The van der Waals surface area contributed by atoms with Crippen LogP contribution in [-0.2, 0) is 16.0 Å². The number of pyridine rings is 1. The summed E-state index contributed by atoms with van der Waals surface area (Å²) in [6.45, 7) is 1.44. The van der Waals surface area contributed by atoms with Crippen LogP contribution >= 0.6 is 11.3 Å². The molecule has 0 saturated heterocycles. The molecule has 2 amide bonds. The van der Waals surface area contributed by atoms with Gasteiger partial charge in [-0.1, -0.05) is 12.1 Å². The van der Waals surface area contributed by atoms with Gasteiger partial charge in [0.1, 0.15) is 0 Å². The lowest BCUT2D eigenvalue weighted by Crippen LogP contribution is -2.13. The number of anilines is 2. The molecule has 3 rings (SSSR count). The molecule has 0 aliphatic carbocycles. The average molecular weight is 366 g/mol. The molecule has 0 aliphatic heterocycles. The van der Waals surface area contributed by atoms with Crippen LogP contribution < -0.4 is 10.6 Å². The summed E-state index contributed by atoms with van der Waals surface area (Å²) >= 11 is 1.52. The highest BCUT2D eigenvalue weighted by atomic mass is 32.1. The summed E-state index contributed by atoms with van der Waals surface area (Å²) < 4.78 is 0. The van der Waals surface area contributed by atoms with Gasteiger partial charge in [-0.25, -0.2) is 4.98 Å². The predicted molar refractivity (Wildman–Crippen MR) is 103 cm³/mol. The quantitative estimate of drug-likeness (QED) is 0.696. The van der Waals surface area contributed by atoms with Gasteiger partial charge in [0.25, 0.3) is 0 Å². The Balaban J connectivity index is 1.55. The van der Waals surface area contributed by atoms with Crippen molar-refractivity contribution in [1.29, 1.82) is 0 Å². The van der Waals surface area contributed by atoms with E-state index < -0.39 is 0 Å². The Morgan fingerprint density at radius 2 is 1.85 bits per heavy atom. The first-order valence-corrected chi connectivity index (χ1v) is 9.01. The number of carbonyl (C=O) groups excluding carboxylic acids is 2. The van der Waals surface area contributed by atoms with Gasteiger partial charge < -0.3 is 10.6 Å². The van der Waals surface area contributed by atoms with Crippen molar-refractivity contribution in [1.82, 2.24) is 9.97 Å². The maximum absolute atomic E-state index is 12.2. The summed E-state index contributed by atoms with van der Waals surface area (Å²) in [6.07, 6.45) is 2.63. The Kier molecular flexibility index (Phi) is 5.70. The first-order chi connectivity index (χ1) is 12.6. The van der Waals surface area contributed by atoms with Crippen molar-refractivity contribution >= 4 is 34.5 Å². The highest BCUT2D eigenvalue weighted by Crippen LogP contribution is 2.21. The van der Waals surface area contributed by atoms with Gasteiger partial charge in [-0.3, -0.25) is 14.6 Å². The third-order valence-corrected chi connectivity index (χ3v) is 4.42. The maximum atomic E-state index is 12.2. The normalized spacial score (nSPS) is 10.3. The predicted octanol–water partition coefficient (Wildman–Crippen LogP) is 3.73. The Bertz CT molecular complexity index is 909. The summed E-state index contributed by atoms with van der Waals surface area (Å²) in [6, 6.07) is 12.7. The van der Waals surface area contributed by atoms with Crippen LogP contribution in [0.4, 0.5) is 11.4 Å². The molecule has 2 aromatic heterocycles. The zero-order valence-corrected chi connectivity index (χ0v) is 15.0. The molecule has 0 atom stereocenters. The van der Waals surface area contributed by atoms with Gasteiger partial charge in [0.15, 0.2) is 0 Å². The van der Waals surface area contributed by atoms with E-state index >= 15 is 0 Å². The van der Waals surface area contributed by atoms with Gasteiger partial charge in [-0.15, -0.1) is 11.3 Å². The zero-order valence-electron chi connectivity index (χ0n) is 14.2. The van der Waals surface area contributed by atoms with Crippen LogP contribution in [0, 0.1) is 0 Å². The SMILES string of the molecule is CC(=O)Nc1cccc(NC(=O)CCc2nc(-c3ccccn3)cs2)c1. The zero-order chi connectivity index (χ0) is 18.4. The molecule has 132 valence electrons. The molecular weight excluding hydrogens is 348 g/mol. The fraction of sp³-hybridized carbons (Fsp3) is 0.158. The number of nitrogens with one attached hydrogen (secondary N) is 2. The van der Waals surface area contributed by atoms with E-state index in [2.05, 4.69) is 20.6 Å². The summed E-state index contributed by atoms with van der Waals surface area (Å²) in [5, 5.41) is 8.38. The molecule has 2 N–H and O–H groups in total. The lowest BCUT2D eigenvalue weighted by Gasteiger charge is -2.07. The van der Waals surface area contributed by atoms with Crippen LogP contribution in [0.5, 0.6) is 0 Å². The molecule has 7 heteroatoms. The molecule has 1 aromatic carbocycles. The van der Waals surface area contributed by atoms with Crippen LogP contribution in [-0.4, -0.2) is 21.8 Å². The minimum atomic E-state index is -0.152. The number of amides is 2. The Morgan fingerprint density at radius 1 is 1.04 bits per heavy atom. The van der Waals surface area contributed by atoms with Gasteiger partial charge in [0.05, 0.1) is 16.4 Å². The Labute approximate surface area is 155 Å². The second-order valence-electron chi connectivity index (χ2n) is 5.65. The first kappa shape index (κ1) is 17.8. The molecule has 0 bridgehead atoms. The highest BCUT2D eigenvalue weighted by molar-refractivity contribution is 7.09. The van der Waals surface area contributed by atoms with E-state index in [1.165, 1.54) is 18.3 Å². The van der Waals surface area contributed by atoms with Gasteiger partial charge in [0.2, 0.25) is 11.8 Å². The van der Waals surface area contributed by atoms with Crippen molar-refractivity contribution in [2.24, 2.45) is 0 Å². The van der Waals surface area contributed by atoms with Crippen molar-refractivity contribution in [3.05, 3.63) is 59.0 Å². The standard InChI is InChI=1S/C19H18N4O2S/c1-13(24)21-14-5-4-6-15(11-14)22-18(25)8-9-19-23-17(12-26-19)16-7-2-3-10-20-16/h2-7,10-12H,8-9H2,1H3,(H,21,24)(H,22,25). The Morgan fingerprint density at radius 3 is 2.58 bits per heavy atom. The molecule has 2 heterocycles. The molecule has 0 unspecified atom stereocenters. The molecule has 0 spiro atoms. The largest absolute Gasteiger partial charge is 0.326 e. The molecule has 0 fully saturated rings. The van der Waals surface area contributed by atoms with Crippen molar-refractivity contribution in [2.75, 3.05) is 10.6 Å². The number of aromatic nitrogens is 2. The van der Waals surface area contributed by atoms with Crippen LogP contribution in [0.3, 0.4) is 0 Å². The van der Waals surface area contributed by atoms with Crippen molar-refractivity contribution in [3.63, 3.8) is 0 Å². The molecule has 0 aliphatic rings. The summed E-state index contributed by atoms with van der Waals surface area (Å²) in [4.78, 5) is 32.1. The topological polar surface area (TPSA) is 84.0 Å². The molecular formula is C19H18N4O2S. The molecule has 0 radical (unpaired) electrons. The lowest BCUT2D eigenvalue weighted by atomic mass is 10.2. The minimum absolute atomic E-state index is 0.0976. The lowest BCUT2D eigenvalue weighted by molar-refractivity contribution is -0.116. The van der Waals surface area contributed by atoms with Gasteiger partial charge >= 0.3 is 0 Å². The average Bonchev–Trinajstić information content (AvgIpc) is 3.09.